The van der Waals surface area contributed by atoms with Gasteiger partial charge in [-0.05, 0) is 33.4 Å². The molecule has 6 nitrogen and oxygen atoms in total. The molecule has 0 N–H and O–H groups in total. The molecule has 0 aromatic heterocycles. The third-order valence-electron chi connectivity index (χ3n) is 10.0. The molecule has 4 aromatic carbocycles. The summed E-state index contributed by atoms with van der Waals surface area (Å²) in [5.74, 6) is -5.08. The average Bonchev–Trinajstić information content (AvgIpc) is 3.48. The minimum absolute atomic E-state index is 0.170. The molecule has 4 amide bonds. The summed E-state index contributed by atoms with van der Waals surface area (Å²) in [4.78, 5) is 60.3. The molecule has 2 heterocycles. The Morgan fingerprint density at radius 2 is 0.636 bits per heavy atom. The van der Waals surface area contributed by atoms with Gasteiger partial charge in [0.1, 0.15) is 0 Å². The van der Waals surface area contributed by atoms with Crippen LogP contribution in [0.4, 0.5) is 0 Å². The first-order chi connectivity index (χ1) is 21.5. The van der Waals surface area contributed by atoms with Crippen LogP contribution >= 0.6 is 0 Å². The highest BCUT2D eigenvalue weighted by atomic mass is 16.2. The molecule has 2 aliphatic heterocycles. The van der Waals surface area contributed by atoms with Gasteiger partial charge in [-0.15, -0.1) is 0 Å². The molecule has 0 radical (unpaired) electrons. The normalized spacial score (nSPS) is 27.3. The van der Waals surface area contributed by atoms with Gasteiger partial charge in [-0.1, -0.05) is 121 Å². The second-order valence-electron chi connectivity index (χ2n) is 12.2. The third kappa shape index (κ3) is 3.87. The lowest BCUT2D eigenvalue weighted by atomic mass is 9.48. The van der Waals surface area contributed by atoms with Crippen LogP contribution in [0.3, 0.4) is 0 Å². The van der Waals surface area contributed by atoms with Crippen LogP contribution in [0.5, 0.6) is 0 Å². The minimum atomic E-state index is -0.714. The van der Waals surface area contributed by atoms with Crippen LogP contribution in [0.2, 0.25) is 0 Å². The van der Waals surface area contributed by atoms with Crippen LogP contribution < -0.4 is 0 Å². The van der Waals surface area contributed by atoms with Crippen molar-refractivity contribution in [1.82, 2.24) is 9.80 Å². The van der Waals surface area contributed by atoms with Crippen molar-refractivity contribution in [2.24, 2.45) is 35.5 Å². The Morgan fingerprint density at radius 3 is 0.932 bits per heavy atom. The number of likely N-dealkylation sites (tertiary alicyclic amines) is 2. The van der Waals surface area contributed by atoms with Gasteiger partial charge in [0, 0.05) is 11.8 Å². The molecule has 0 unspecified atom stereocenters. The molecule has 216 valence electrons. The zero-order valence-corrected chi connectivity index (χ0v) is 24.0. The summed E-state index contributed by atoms with van der Waals surface area (Å²) in [5.41, 5.74) is 5.38. The van der Waals surface area contributed by atoms with Gasteiger partial charge in [0.05, 0.1) is 36.8 Å². The number of carbonyl (C=O) groups excluding carboxylic acids is 4. The van der Waals surface area contributed by atoms with Crippen LogP contribution in [0, 0.1) is 35.5 Å². The lowest BCUT2D eigenvalue weighted by molar-refractivity contribution is -0.140. The van der Waals surface area contributed by atoms with Crippen molar-refractivity contribution in [1.29, 1.82) is 0 Å². The summed E-state index contributed by atoms with van der Waals surface area (Å²) in [6.07, 6.45) is 0. The van der Waals surface area contributed by atoms with Crippen molar-refractivity contribution in [3.63, 3.8) is 0 Å². The van der Waals surface area contributed by atoms with Crippen LogP contribution in [0.1, 0.15) is 22.3 Å². The Kier molecular flexibility index (Phi) is 6.19. The molecule has 4 atom stereocenters. The van der Waals surface area contributed by atoms with Gasteiger partial charge in [0.2, 0.25) is 23.6 Å². The second kappa shape index (κ2) is 10.3. The summed E-state index contributed by atoms with van der Waals surface area (Å²) in [5, 5.41) is 0. The lowest BCUT2D eigenvalue weighted by Crippen LogP contribution is -2.53. The van der Waals surface area contributed by atoms with Crippen LogP contribution in [-0.4, -0.2) is 33.4 Å². The van der Waals surface area contributed by atoms with E-state index in [4.69, 9.17) is 0 Å². The van der Waals surface area contributed by atoms with E-state index in [0.717, 1.165) is 33.4 Å². The summed E-state index contributed by atoms with van der Waals surface area (Å²) < 4.78 is 0. The maximum absolute atomic E-state index is 14.4. The maximum atomic E-state index is 14.4. The number of carbonyl (C=O) groups is 4. The second-order valence-corrected chi connectivity index (χ2v) is 12.2. The van der Waals surface area contributed by atoms with Crippen molar-refractivity contribution < 1.29 is 19.2 Å². The predicted molar refractivity (Wildman–Crippen MR) is 165 cm³/mol. The Hall–Kier alpha value is -5.10. The maximum Gasteiger partial charge on any atom is 0.234 e. The molecule has 3 fully saturated rings. The average molecular weight is 579 g/mol. The van der Waals surface area contributed by atoms with E-state index in [1.54, 1.807) is 0 Å². The first-order valence-corrected chi connectivity index (χ1v) is 15.2. The van der Waals surface area contributed by atoms with Crippen molar-refractivity contribution in [3.8, 4) is 0 Å². The molecular weight excluding hydrogens is 548 g/mol. The fourth-order valence-electron chi connectivity index (χ4n) is 8.36. The predicted octanol–water partition coefficient (Wildman–Crippen LogP) is 5.46. The van der Waals surface area contributed by atoms with Crippen LogP contribution in [-0.2, 0) is 32.3 Å². The third-order valence-corrected chi connectivity index (χ3v) is 10.0. The number of nitrogens with zero attached hydrogens (tertiary/aromatic N) is 2. The Bertz CT molecular complexity index is 1640. The standard InChI is InChI=1S/C38H30N2O4/c41-35-31-29-27(25-17-9-3-10-18-25)28(26-19-11-4-12-20-26)30(32(31)36(42)39(35)21-23-13-5-1-6-14-23)34-33(29)37(43)40(38(34)44)22-24-15-7-2-8-16-24/h1-20,29-34H,21-22H2/t29?,30?,31-,32+,33-,34+. The van der Waals surface area contributed by atoms with Crippen molar-refractivity contribution in [3.05, 3.63) is 144 Å². The van der Waals surface area contributed by atoms with Gasteiger partial charge in [-0.2, -0.15) is 0 Å². The molecule has 2 bridgehead atoms. The highest BCUT2D eigenvalue weighted by Crippen LogP contribution is 2.66. The van der Waals surface area contributed by atoms with Gasteiger partial charge in [-0.3, -0.25) is 29.0 Å². The van der Waals surface area contributed by atoms with E-state index in [1.165, 1.54) is 9.80 Å². The smallest absolute Gasteiger partial charge is 0.234 e. The zero-order valence-electron chi connectivity index (χ0n) is 24.0. The molecule has 0 spiro atoms. The SMILES string of the molecule is O=C1[C@@H]2C3C(c4ccccc4)=C(c4ccccc4)C([C@@H]2C(=O)N1Cc1ccccc1)[C@@H]1C(=O)N(Cc2ccccc2)C(=O)[C@H]31. The number of rotatable bonds is 6. The van der Waals surface area contributed by atoms with Gasteiger partial charge >= 0.3 is 0 Å². The highest BCUT2D eigenvalue weighted by Gasteiger charge is 2.72. The molecule has 1 saturated carbocycles. The van der Waals surface area contributed by atoms with Crippen molar-refractivity contribution >= 4 is 34.8 Å². The molecule has 2 saturated heterocycles. The monoisotopic (exact) mass is 578 g/mol. The van der Waals surface area contributed by atoms with Gasteiger partial charge in [0.25, 0.3) is 0 Å². The van der Waals surface area contributed by atoms with E-state index in [-0.39, 0.29) is 36.7 Å². The Labute approximate surface area is 255 Å². The quantitative estimate of drug-likeness (QED) is 0.285. The van der Waals surface area contributed by atoms with E-state index in [1.807, 2.05) is 121 Å². The number of amides is 4. The molecule has 4 aromatic rings. The van der Waals surface area contributed by atoms with Gasteiger partial charge in [-0.25, -0.2) is 0 Å². The lowest BCUT2D eigenvalue weighted by Gasteiger charge is -2.51. The van der Waals surface area contributed by atoms with Crippen LogP contribution in [0.25, 0.3) is 11.1 Å². The molecule has 5 aliphatic rings. The van der Waals surface area contributed by atoms with Gasteiger partial charge < -0.3 is 0 Å². The first-order valence-electron chi connectivity index (χ1n) is 15.2. The van der Waals surface area contributed by atoms with E-state index < -0.39 is 35.5 Å². The van der Waals surface area contributed by atoms with E-state index >= 15 is 0 Å². The van der Waals surface area contributed by atoms with E-state index in [0.29, 0.717) is 0 Å². The summed E-state index contributed by atoms with van der Waals surface area (Å²) in [6, 6.07) is 38.7. The molecule has 44 heavy (non-hydrogen) atoms. The summed E-state index contributed by atoms with van der Waals surface area (Å²) in [7, 11) is 0. The minimum Gasteiger partial charge on any atom is -0.278 e. The van der Waals surface area contributed by atoms with Crippen LogP contribution in [0.15, 0.2) is 121 Å². The molecule has 9 rings (SSSR count). The largest absolute Gasteiger partial charge is 0.278 e. The molecule has 6 heteroatoms. The number of imide groups is 2. The number of allylic oxidation sites excluding steroid dienone is 2. The van der Waals surface area contributed by atoms with E-state index in [2.05, 4.69) is 0 Å². The molecular formula is C38H30N2O4. The van der Waals surface area contributed by atoms with Crippen molar-refractivity contribution in [2.75, 3.05) is 0 Å². The zero-order chi connectivity index (χ0) is 29.9. The Morgan fingerprint density at radius 1 is 0.364 bits per heavy atom. The first kappa shape index (κ1) is 26.5. The summed E-state index contributed by atoms with van der Waals surface area (Å²) in [6.45, 7) is 0.341. The fourth-order valence-corrected chi connectivity index (χ4v) is 8.36. The number of hydrogen-bond donors (Lipinski definition) is 0. The van der Waals surface area contributed by atoms with Crippen molar-refractivity contribution in [2.45, 2.75) is 13.1 Å². The fraction of sp³-hybridized carbons (Fsp3) is 0.211. The highest BCUT2D eigenvalue weighted by molar-refractivity contribution is 6.16. The topological polar surface area (TPSA) is 74.8 Å². The van der Waals surface area contributed by atoms with E-state index in [9.17, 15) is 19.2 Å². The van der Waals surface area contributed by atoms with Gasteiger partial charge in [0.15, 0.2) is 0 Å². The number of benzene rings is 4. The summed E-state index contributed by atoms with van der Waals surface area (Å²) >= 11 is 0. The molecule has 3 aliphatic carbocycles. The Balaban J connectivity index is 1.32. The number of hydrogen-bond acceptors (Lipinski definition) is 4.